The molecular formula is C17H23FN4O3. The first-order valence-electron chi connectivity index (χ1n) is 8.19. The zero-order valence-corrected chi connectivity index (χ0v) is 14.9. The van der Waals surface area contributed by atoms with Crippen LogP contribution in [0.15, 0.2) is 17.2 Å². The van der Waals surface area contributed by atoms with Crippen molar-refractivity contribution in [1.29, 1.82) is 0 Å². The lowest BCUT2D eigenvalue weighted by Crippen LogP contribution is -2.34. The minimum atomic E-state index is -0.615. The number of azide groups is 1. The Morgan fingerprint density at radius 3 is 2.92 bits per heavy atom. The molecule has 8 heteroatoms. The normalized spacial score (nSPS) is 17.1. The Morgan fingerprint density at radius 1 is 1.56 bits per heavy atom. The number of nitrogens with zero attached hydrogens (tertiary/aromatic N) is 3. The van der Waals surface area contributed by atoms with E-state index in [9.17, 15) is 9.18 Å². The lowest BCUT2D eigenvalue weighted by molar-refractivity contribution is 0.0507. The summed E-state index contributed by atoms with van der Waals surface area (Å²) in [5.74, 6) is 0.196. The molecule has 2 atom stereocenters. The van der Waals surface area contributed by atoms with Gasteiger partial charge in [-0.3, -0.25) is 0 Å². The van der Waals surface area contributed by atoms with E-state index in [0.29, 0.717) is 30.7 Å². The van der Waals surface area contributed by atoms with Gasteiger partial charge < -0.3 is 14.8 Å². The SMILES string of the molecule is CC(NC(=O)OC(C)(C)C)c1cc(F)cc2c1OC(CCN=[N+]=[N-])C2. The number of alkyl carbamates (subject to hydrolysis) is 1. The Labute approximate surface area is 146 Å². The van der Waals surface area contributed by atoms with Gasteiger partial charge in [0.2, 0.25) is 0 Å². The fraction of sp³-hybridized carbons (Fsp3) is 0.588. The fourth-order valence-electron chi connectivity index (χ4n) is 2.71. The van der Waals surface area contributed by atoms with Gasteiger partial charge in [-0.15, -0.1) is 0 Å². The highest BCUT2D eigenvalue weighted by Crippen LogP contribution is 2.37. The zero-order valence-electron chi connectivity index (χ0n) is 14.9. The van der Waals surface area contributed by atoms with Crippen molar-refractivity contribution in [2.75, 3.05) is 6.54 Å². The van der Waals surface area contributed by atoms with Crippen molar-refractivity contribution in [2.45, 2.75) is 58.3 Å². The highest BCUT2D eigenvalue weighted by Gasteiger charge is 2.29. The van der Waals surface area contributed by atoms with E-state index in [1.807, 2.05) is 0 Å². The van der Waals surface area contributed by atoms with Gasteiger partial charge in [0.15, 0.2) is 0 Å². The highest BCUT2D eigenvalue weighted by molar-refractivity contribution is 5.68. The number of carbonyl (C=O) groups excluding carboxylic acids is 1. The first-order valence-corrected chi connectivity index (χ1v) is 8.19. The first kappa shape index (κ1) is 18.9. The number of nitrogens with one attached hydrogen (secondary N) is 1. The second kappa shape index (κ2) is 7.61. The van der Waals surface area contributed by atoms with Crippen LogP contribution in [0.25, 0.3) is 10.4 Å². The van der Waals surface area contributed by atoms with Gasteiger partial charge in [0.25, 0.3) is 0 Å². The molecule has 1 aromatic rings. The summed E-state index contributed by atoms with van der Waals surface area (Å²) in [5, 5.41) is 6.20. The molecule has 0 aromatic heterocycles. The quantitative estimate of drug-likeness (QED) is 0.484. The number of fused-ring (bicyclic) bond motifs is 1. The van der Waals surface area contributed by atoms with Crippen LogP contribution in [0, 0.1) is 5.82 Å². The third-order valence-corrected chi connectivity index (χ3v) is 3.71. The number of ether oxygens (including phenoxy) is 2. The van der Waals surface area contributed by atoms with Crippen LogP contribution in [0.5, 0.6) is 5.75 Å². The Morgan fingerprint density at radius 2 is 2.28 bits per heavy atom. The summed E-state index contributed by atoms with van der Waals surface area (Å²) in [6, 6.07) is 2.32. The summed E-state index contributed by atoms with van der Waals surface area (Å²) >= 11 is 0. The fourth-order valence-corrected chi connectivity index (χ4v) is 2.71. The smallest absolute Gasteiger partial charge is 0.408 e. The third-order valence-electron chi connectivity index (χ3n) is 3.71. The van der Waals surface area contributed by atoms with E-state index in [1.54, 1.807) is 27.7 Å². The summed E-state index contributed by atoms with van der Waals surface area (Å²) < 4.78 is 25.1. The molecule has 0 aliphatic carbocycles. The minimum Gasteiger partial charge on any atom is -0.489 e. The predicted molar refractivity (Wildman–Crippen MR) is 90.9 cm³/mol. The number of hydrogen-bond donors (Lipinski definition) is 1. The van der Waals surface area contributed by atoms with Crippen LogP contribution in [-0.2, 0) is 11.2 Å². The Balaban J connectivity index is 2.12. The molecule has 1 N–H and O–H groups in total. The molecule has 2 unspecified atom stereocenters. The third kappa shape index (κ3) is 5.26. The molecule has 0 saturated heterocycles. The summed E-state index contributed by atoms with van der Waals surface area (Å²) in [4.78, 5) is 14.7. The highest BCUT2D eigenvalue weighted by atomic mass is 19.1. The molecule has 7 nitrogen and oxygen atoms in total. The largest absolute Gasteiger partial charge is 0.489 e. The molecule has 136 valence electrons. The van der Waals surface area contributed by atoms with Crippen molar-refractivity contribution in [2.24, 2.45) is 5.11 Å². The second-order valence-corrected chi connectivity index (χ2v) is 7.04. The maximum Gasteiger partial charge on any atom is 0.408 e. The average Bonchev–Trinajstić information content (AvgIpc) is 2.86. The molecule has 0 bridgehead atoms. The Bertz CT molecular complexity index is 696. The minimum absolute atomic E-state index is 0.172. The number of benzene rings is 1. The molecule has 1 heterocycles. The van der Waals surface area contributed by atoms with Crippen molar-refractivity contribution >= 4 is 6.09 Å². The van der Waals surface area contributed by atoms with Gasteiger partial charge in [-0.2, -0.15) is 0 Å². The maximum atomic E-state index is 14.0. The number of hydrogen-bond acceptors (Lipinski definition) is 4. The lowest BCUT2D eigenvalue weighted by atomic mass is 10.0. The zero-order chi connectivity index (χ0) is 18.6. The molecule has 1 aliphatic rings. The number of rotatable bonds is 5. The van der Waals surface area contributed by atoms with Gasteiger partial charge >= 0.3 is 6.09 Å². The summed E-state index contributed by atoms with van der Waals surface area (Å²) in [7, 11) is 0. The van der Waals surface area contributed by atoms with E-state index < -0.39 is 17.7 Å². The van der Waals surface area contributed by atoms with Gasteiger partial charge in [-0.1, -0.05) is 5.11 Å². The van der Waals surface area contributed by atoms with E-state index in [0.717, 1.165) is 5.56 Å². The van der Waals surface area contributed by atoms with Gasteiger partial charge in [-0.25, -0.2) is 9.18 Å². The van der Waals surface area contributed by atoms with Crippen molar-refractivity contribution in [3.8, 4) is 5.75 Å². The molecule has 25 heavy (non-hydrogen) atoms. The second-order valence-electron chi connectivity index (χ2n) is 7.04. The van der Waals surface area contributed by atoms with E-state index in [1.165, 1.54) is 12.1 Å². The van der Waals surface area contributed by atoms with Crippen LogP contribution in [0.1, 0.15) is 51.3 Å². The van der Waals surface area contributed by atoms with Crippen LogP contribution < -0.4 is 10.1 Å². The lowest BCUT2D eigenvalue weighted by Gasteiger charge is -2.23. The van der Waals surface area contributed by atoms with Gasteiger partial charge in [-0.05, 0) is 51.8 Å². The van der Waals surface area contributed by atoms with E-state index in [-0.39, 0.29) is 11.9 Å². The molecule has 0 radical (unpaired) electrons. The monoisotopic (exact) mass is 350 g/mol. The van der Waals surface area contributed by atoms with Crippen molar-refractivity contribution in [3.63, 3.8) is 0 Å². The summed E-state index contributed by atoms with van der Waals surface area (Å²) in [6.45, 7) is 7.38. The number of amides is 1. The molecule has 1 aliphatic heterocycles. The van der Waals surface area contributed by atoms with Crippen LogP contribution in [0.4, 0.5) is 9.18 Å². The molecular weight excluding hydrogens is 327 g/mol. The van der Waals surface area contributed by atoms with Crippen LogP contribution in [0.3, 0.4) is 0 Å². The Kier molecular flexibility index (Phi) is 5.74. The van der Waals surface area contributed by atoms with Crippen molar-refractivity contribution < 1.29 is 18.7 Å². The van der Waals surface area contributed by atoms with Crippen LogP contribution in [0.2, 0.25) is 0 Å². The molecule has 0 saturated carbocycles. The van der Waals surface area contributed by atoms with Gasteiger partial charge in [0.1, 0.15) is 23.3 Å². The number of halogens is 1. The number of carbonyl (C=O) groups is 1. The standard InChI is InChI=1S/C17H23FN4O3/c1-10(21-16(23)25-17(2,3)4)14-9-12(18)7-11-8-13(24-15(11)14)5-6-20-22-19/h7,9-10,13H,5-6,8H2,1-4H3,(H,21,23). The molecule has 0 spiro atoms. The first-order chi connectivity index (χ1) is 11.7. The average molecular weight is 350 g/mol. The van der Waals surface area contributed by atoms with E-state index in [2.05, 4.69) is 15.3 Å². The molecule has 0 fully saturated rings. The van der Waals surface area contributed by atoms with Gasteiger partial charge in [0.05, 0.1) is 6.04 Å². The molecule has 1 amide bonds. The summed E-state index contributed by atoms with van der Waals surface area (Å²) in [5.41, 5.74) is 9.04. The van der Waals surface area contributed by atoms with E-state index >= 15 is 0 Å². The maximum absolute atomic E-state index is 14.0. The van der Waals surface area contributed by atoms with Crippen molar-refractivity contribution in [1.82, 2.24) is 5.32 Å². The summed E-state index contributed by atoms with van der Waals surface area (Å²) in [6.07, 6.45) is 0.346. The van der Waals surface area contributed by atoms with Crippen molar-refractivity contribution in [3.05, 3.63) is 39.5 Å². The topological polar surface area (TPSA) is 96.3 Å². The van der Waals surface area contributed by atoms with Crippen LogP contribution >= 0.6 is 0 Å². The van der Waals surface area contributed by atoms with Crippen LogP contribution in [-0.4, -0.2) is 24.3 Å². The van der Waals surface area contributed by atoms with Gasteiger partial charge in [0, 0.05) is 29.0 Å². The van der Waals surface area contributed by atoms with E-state index in [4.69, 9.17) is 15.0 Å². The molecule has 1 aromatic carbocycles. The predicted octanol–water partition coefficient (Wildman–Crippen LogP) is 4.42. The molecule has 2 rings (SSSR count). The Hall–Kier alpha value is -2.47.